The van der Waals surface area contributed by atoms with Gasteiger partial charge in [0.1, 0.15) is 10.9 Å². The second-order valence-electron chi connectivity index (χ2n) is 6.67. The predicted octanol–water partition coefficient (Wildman–Crippen LogP) is 3.93. The predicted molar refractivity (Wildman–Crippen MR) is 112 cm³/mol. The van der Waals surface area contributed by atoms with E-state index < -0.39 is 0 Å². The third-order valence-corrected chi connectivity index (χ3v) is 5.43. The highest BCUT2D eigenvalue weighted by molar-refractivity contribution is 8.26. The molecule has 0 atom stereocenters. The first-order valence-corrected chi connectivity index (χ1v) is 9.72. The molecule has 0 amide bonds. The highest BCUT2D eigenvalue weighted by Gasteiger charge is 2.16. The van der Waals surface area contributed by atoms with Gasteiger partial charge in [0.15, 0.2) is 5.17 Å². The summed E-state index contributed by atoms with van der Waals surface area (Å²) in [4.78, 5) is 12.4. The van der Waals surface area contributed by atoms with Crippen molar-refractivity contribution < 1.29 is 0 Å². The molecule has 0 aliphatic heterocycles. The van der Waals surface area contributed by atoms with Crippen LogP contribution in [0.3, 0.4) is 0 Å². The molecule has 1 aliphatic rings. The average Bonchev–Trinajstić information content (AvgIpc) is 3.30. The monoisotopic (exact) mass is 379 g/mol. The minimum absolute atomic E-state index is 0.0917. The van der Waals surface area contributed by atoms with Crippen LogP contribution in [0.25, 0.3) is 22.2 Å². The Bertz CT molecular complexity index is 1000. The molecule has 2 aromatic heterocycles. The fourth-order valence-electron chi connectivity index (χ4n) is 3.49. The zero-order valence-electron chi connectivity index (χ0n) is 14.7. The third kappa shape index (κ3) is 3.80. The van der Waals surface area contributed by atoms with Gasteiger partial charge in [0, 0.05) is 34.3 Å². The maximum Gasteiger partial charge on any atom is 0.157 e. The summed E-state index contributed by atoms with van der Waals surface area (Å²) >= 11 is 0.937. The molecule has 27 heavy (non-hydrogen) atoms. The van der Waals surface area contributed by atoms with Crippen molar-refractivity contribution in [2.24, 2.45) is 5.73 Å². The first kappa shape index (κ1) is 17.5. The lowest BCUT2D eigenvalue weighted by atomic mass is 10.1. The quantitative estimate of drug-likeness (QED) is 0.347. The molecule has 1 aromatic carbocycles. The first-order chi connectivity index (χ1) is 13.1. The van der Waals surface area contributed by atoms with Crippen molar-refractivity contribution in [2.45, 2.75) is 31.7 Å². The van der Waals surface area contributed by atoms with Crippen molar-refractivity contribution in [1.82, 2.24) is 15.0 Å². The number of H-pyrrole nitrogens is 1. The Kier molecular flexibility index (Phi) is 4.81. The Morgan fingerprint density at radius 1 is 1.22 bits per heavy atom. The standard InChI is InChI=1S/C19H21N7S/c20-18(27-19(21)22)11-5-6-15-13(7-11)14(8-24-15)16-9-23-10-17(26-16)25-12-3-1-2-4-12/h5-10,12,20,24H,1-4H2,(H3,21,22)(H,25,26). The van der Waals surface area contributed by atoms with Gasteiger partial charge in [-0.3, -0.25) is 15.8 Å². The van der Waals surface area contributed by atoms with Crippen LogP contribution in [0.15, 0.2) is 36.8 Å². The van der Waals surface area contributed by atoms with Gasteiger partial charge in [-0.1, -0.05) is 18.9 Å². The van der Waals surface area contributed by atoms with Crippen LogP contribution >= 0.6 is 11.8 Å². The molecule has 1 saturated carbocycles. The number of nitrogens with two attached hydrogens (primary N) is 1. The topological polar surface area (TPSA) is 127 Å². The number of thioether (sulfide) groups is 1. The van der Waals surface area contributed by atoms with E-state index in [1.165, 1.54) is 25.7 Å². The van der Waals surface area contributed by atoms with Crippen LogP contribution in [0.1, 0.15) is 31.2 Å². The van der Waals surface area contributed by atoms with Gasteiger partial charge < -0.3 is 16.0 Å². The number of hydrogen-bond donors (Lipinski definition) is 5. The van der Waals surface area contributed by atoms with E-state index in [1.54, 1.807) is 12.4 Å². The van der Waals surface area contributed by atoms with Crippen LogP contribution < -0.4 is 11.1 Å². The second kappa shape index (κ2) is 7.40. The number of aromatic nitrogens is 3. The largest absolute Gasteiger partial charge is 0.378 e. The van der Waals surface area contributed by atoms with Crippen molar-refractivity contribution in [2.75, 3.05) is 5.32 Å². The number of rotatable bonds is 4. The Morgan fingerprint density at radius 3 is 2.81 bits per heavy atom. The van der Waals surface area contributed by atoms with Crippen LogP contribution in [0.5, 0.6) is 0 Å². The van der Waals surface area contributed by atoms with E-state index in [2.05, 4.69) is 15.3 Å². The summed E-state index contributed by atoms with van der Waals surface area (Å²) in [6.45, 7) is 0. The molecule has 1 fully saturated rings. The number of nitrogens with zero attached hydrogens (tertiary/aromatic N) is 2. The maximum absolute atomic E-state index is 8.12. The summed E-state index contributed by atoms with van der Waals surface area (Å²) in [5, 5.41) is 20.1. The molecule has 2 heterocycles. The molecule has 0 unspecified atom stereocenters. The van der Waals surface area contributed by atoms with Gasteiger partial charge >= 0.3 is 0 Å². The van der Waals surface area contributed by atoms with Gasteiger partial charge in [0.05, 0.1) is 18.1 Å². The van der Waals surface area contributed by atoms with Gasteiger partial charge in [0.25, 0.3) is 0 Å². The summed E-state index contributed by atoms with van der Waals surface area (Å²) in [6, 6.07) is 6.19. The van der Waals surface area contributed by atoms with E-state index in [-0.39, 0.29) is 10.2 Å². The summed E-state index contributed by atoms with van der Waals surface area (Å²) in [5.41, 5.74) is 8.81. The first-order valence-electron chi connectivity index (χ1n) is 8.91. The second-order valence-corrected chi connectivity index (χ2v) is 7.73. The molecular formula is C19H21N7S. The molecule has 0 saturated heterocycles. The average molecular weight is 379 g/mol. The highest BCUT2D eigenvalue weighted by atomic mass is 32.2. The SMILES string of the molecule is N=C(N)SC(=N)c1ccc2[nH]cc(-c3cncc(NC4CCCC4)n3)c2c1. The molecule has 4 rings (SSSR count). The molecule has 0 spiro atoms. The normalized spacial score (nSPS) is 14.5. The number of aromatic amines is 1. The molecule has 6 N–H and O–H groups in total. The smallest absolute Gasteiger partial charge is 0.157 e. The zero-order chi connectivity index (χ0) is 18.8. The summed E-state index contributed by atoms with van der Waals surface area (Å²) in [7, 11) is 0. The minimum atomic E-state index is -0.0917. The van der Waals surface area contributed by atoms with E-state index in [4.69, 9.17) is 21.5 Å². The third-order valence-electron chi connectivity index (χ3n) is 4.77. The van der Waals surface area contributed by atoms with Gasteiger partial charge in [-0.2, -0.15) is 0 Å². The minimum Gasteiger partial charge on any atom is -0.378 e. The van der Waals surface area contributed by atoms with Crippen molar-refractivity contribution in [3.05, 3.63) is 42.4 Å². The molecule has 0 radical (unpaired) electrons. The molecule has 7 nitrogen and oxygen atoms in total. The number of benzene rings is 1. The molecule has 0 bridgehead atoms. The van der Waals surface area contributed by atoms with Crippen molar-refractivity contribution in [3.8, 4) is 11.3 Å². The molecular weight excluding hydrogens is 358 g/mol. The molecule has 8 heteroatoms. The lowest BCUT2D eigenvalue weighted by Crippen LogP contribution is -2.15. The molecule has 3 aromatic rings. The number of nitrogens with one attached hydrogen (secondary N) is 4. The summed E-state index contributed by atoms with van der Waals surface area (Å²) < 4.78 is 0. The van der Waals surface area contributed by atoms with Crippen LogP contribution in [0, 0.1) is 10.8 Å². The van der Waals surface area contributed by atoms with Crippen LogP contribution in [-0.2, 0) is 0 Å². The fourth-order valence-corrected chi connectivity index (χ4v) is 3.95. The fraction of sp³-hybridized carbons (Fsp3) is 0.263. The molecule has 138 valence electrons. The zero-order valence-corrected chi connectivity index (χ0v) is 15.6. The summed E-state index contributed by atoms with van der Waals surface area (Å²) in [5.74, 6) is 0.796. The molecule has 1 aliphatic carbocycles. The lowest BCUT2D eigenvalue weighted by molar-refractivity contribution is 0.749. The van der Waals surface area contributed by atoms with Gasteiger partial charge in [0.2, 0.25) is 0 Å². The number of fused-ring (bicyclic) bond motifs is 1. The van der Waals surface area contributed by atoms with E-state index in [9.17, 15) is 0 Å². The Balaban J connectivity index is 1.66. The lowest BCUT2D eigenvalue weighted by Gasteiger charge is -2.12. The highest BCUT2D eigenvalue weighted by Crippen LogP contribution is 2.30. The van der Waals surface area contributed by atoms with E-state index in [0.717, 1.165) is 45.3 Å². The van der Waals surface area contributed by atoms with Gasteiger partial charge in [-0.25, -0.2) is 4.98 Å². The number of hydrogen-bond acceptors (Lipinski definition) is 6. The van der Waals surface area contributed by atoms with Crippen molar-refractivity contribution in [3.63, 3.8) is 0 Å². The van der Waals surface area contributed by atoms with E-state index >= 15 is 0 Å². The van der Waals surface area contributed by atoms with Crippen LogP contribution in [-0.4, -0.2) is 31.2 Å². The van der Waals surface area contributed by atoms with Crippen molar-refractivity contribution >= 4 is 38.7 Å². The van der Waals surface area contributed by atoms with Crippen molar-refractivity contribution in [1.29, 1.82) is 10.8 Å². The summed E-state index contributed by atoms with van der Waals surface area (Å²) in [6.07, 6.45) is 10.3. The number of amidine groups is 1. The maximum atomic E-state index is 8.12. The van der Waals surface area contributed by atoms with Gasteiger partial charge in [-0.05, 0) is 36.7 Å². The Labute approximate surface area is 161 Å². The van der Waals surface area contributed by atoms with E-state index in [0.29, 0.717) is 6.04 Å². The van der Waals surface area contributed by atoms with Gasteiger partial charge in [-0.15, -0.1) is 0 Å². The Morgan fingerprint density at radius 2 is 2.04 bits per heavy atom. The Hall–Kier alpha value is -2.87. The van der Waals surface area contributed by atoms with E-state index in [1.807, 2.05) is 24.4 Å². The van der Waals surface area contributed by atoms with Crippen LogP contribution in [0.2, 0.25) is 0 Å². The van der Waals surface area contributed by atoms with Crippen LogP contribution in [0.4, 0.5) is 5.82 Å². The number of anilines is 1.